The van der Waals surface area contributed by atoms with Crippen LogP contribution in [0.1, 0.15) is 16.7 Å². The van der Waals surface area contributed by atoms with Gasteiger partial charge in [-0.1, -0.05) is 83.5 Å². The zero-order valence-corrected chi connectivity index (χ0v) is 21.0. The van der Waals surface area contributed by atoms with Gasteiger partial charge in [-0.05, 0) is 31.2 Å². The highest BCUT2D eigenvalue weighted by Gasteiger charge is 2.33. The van der Waals surface area contributed by atoms with Crippen molar-refractivity contribution in [3.8, 4) is 28.5 Å². The lowest BCUT2D eigenvalue weighted by molar-refractivity contribution is -0.137. The lowest BCUT2D eigenvalue weighted by atomic mass is 9.99. The molecular weight excluding hydrogens is 519 g/mol. The summed E-state index contributed by atoms with van der Waals surface area (Å²) in [6.07, 6.45) is -4.61. The third kappa shape index (κ3) is 6.13. The van der Waals surface area contributed by atoms with Crippen molar-refractivity contribution in [2.45, 2.75) is 18.1 Å². The first-order valence-corrected chi connectivity index (χ1v) is 12.4. The van der Waals surface area contributed by atoms with Gasteiger partial charge in [0, 0.05) is 21.7 Å². The second-order valence-electron chi connectivity index (χ2n) is 8.07. The van der Waals surface area contributed by atoms with Crippen LogP contribution in [0.3, 0.4) is 0 Å². The number of para-hydroxylation sites is 1. The summed E-state index contributed by atoms with van der Waals surface area (Å²) in [5.41, 5.74) is 2.55. The van der Waals surface area contributed by atoms with E-state index < -0.39 is 17.6 Å². The Morgan fingerprint density at radius 2 is 1.70 bits per heavy atom. The number of aryl methyl sites for hydroxylation is 1. The molecule has 0 atom stereocenters. The molecule has 0 aliphatic rings. The number of thioether (sulfide) groups is 1. The average molecular weight is 538 g/mol. The van der Waals surface area contributed by atoms with Crippen LogP contribution in [0.25, 0.3) is 22.4 Å². The number of nitrogens with one attached hydrogen (secondary N) is 1. The van der Waals surface area contributed by atoms with E-state index in [-0.39, 0.29) is 22.0 Å². The van der Waals surface area contributed by atoms with Gasteiger partial charge in [-0.25, -0.2) is 4.98 Å². The van der Waals surface area contributed by atoms with Crippen LogP contribution in [0.2, 0.25) is 5.02 Å². The van der Waals surface area contributed by atoms with Gasteiger partial charge in [0.15, 0.2) is 0 Å². The minimum Gasteiger partial charge on any atom is -0.325 e. The Hall–Kier alpha value is -3.80. The van der Waals surface area contributed by atoms with Gasteiger partial charge in [0.25, 0.3) is 0 Å². The van der Waals surface area contributed by atoms with E-state index >= 15 is 0 Å². The predicted octanol–water partition coefficient (Wildman–Crippen LogP) is 8.00. The fourth-order valence-electron chi connectivity index (χ4n) is 3.66. The van der Waals surface area contributed by atoms with Gasteiger partial charge < -0.3 is 5.32 Å². The van der Waals surface area contributed by atoms with E-state index in [1.807, 2.05) is 31.2 Å². The molecule has 1 aromatic heterocycles. The van der Waals surface area contributed by atoms with Crippen LogP contribution >= 0.6 is 23.4 Å². The highest BCUT2D eigenvalue weighted by atomic mass is 35.5. The Labute approximate surface area is 221 Å². The van der Waals surface area contributed by atoms with E-state index in [4.69, 9.17) is 11.6 Å². The Morgan fingerprint density at radius 3 is 2.38 bits per heavy atom. The number of rotatable bonds is 6. The molecule has 4 aromatic rings. The van der Waals surface area contributed by atoms with E-state index in [1.54, 1.807) is 30.3 Å². The number of hydrogen-bond acceptors (Lipinski definition) is 4. The summed E-state index contributed by atoms with van der Waals surface area (Å²) >= 11 is 7.40. The van der Waals surface area contributed by atoms with Crippen LogP contribution in [-0.4, -0.2) is 16.6 Å². The van der Waals surface area contributed by atoms with Gasteiger partial charge in [-0.15, -0.1) is 0 Å². The van der Waals surface area contributed by atoms with Crippen LogP contribution in [0.15, 0.2) is 83.9 Å². The van der Waals surface area contributed by atoms with Gasteiger partial charge in [0.05, 0.1) is 28.3 Å². The quantitative estimate of drug-likeness (QED) is 0.253. The highest BCUT2D eigenvalue weighted by Crippen LogP contribution is 2.38. The Morgan fingerprint density at radius 1 is 1.03 bits per heavy atom. The van der Waals surface area contributed by atoms with Crippen molar-refractivity contribution < 1.29 is 18.0 Å². The van der Waals surface area contributed by atoms with Gasteiger partial charge >= 0.3 is 6.18 Å². The van der Waals surface area contributed by atoms with Gasteiger partial charge in [0.1, 0.15) is 11.1 Å². The second kappa shape index (κ2) is 11.1. The van der Waals surface area contributed by atoms with Crippen molar-refractivity contribution in [2.75, 3.05) is 11.1 Å². The number of anilines is 1. The lowest BCUT2D eigenvalue weighted by Crippen LogP contribution is -2.18. The molecule has 37 heavy (non-hydrogen) atoms. The number of benzene rings is 3. The highest BCUT2D eigenvalue weighted by molar-refractivity contribution is 8.00. The monoisotopic (exact) mass is 537 g/mol. The largest absolute Gasteiger partial charge is 0.418 e. The number of carbonyl (C=O) groups is 1. The zero-order valence-electron chi connectivity index (χ0n) is 19.4. The van der Waals surface area contributed by atoms with E-state index in [0.717, 1.165) is 29.0 Å². The molecular formula is C28H19ClF3N3OS. The minimum atomic E-state index is -4.61. The van der Waals surface area contributed by atoms with Crippen molar-refractivity contribution in [1.29, 1.82) is 5.26 Å². The third-order valence-corrected chi connectivity index (χ3v) is 6.76. The molecule has 1 amide bonds. The second-order valence-corrected chi connectivity index (χ2v) is 9.44. The number of alkyl halides is 3. The van der Waals surface area contributed by atoms with Crippen LogP contribution < -0.4 is 5.32 Å². The molecule has 0 saturated heterocycles. The molecule has 0 aliphatic carbocycles. The Bertz CT molecular complexity index is 1500. The maximum atomic E-state index is 13.3. The van der Waals surface area contributed by atoms with Gasteiger partial charge in [0.2, 0.25) is 5.91 Å². The van der Waals surface area contributed by atoms with Gasteiger partial charge in [-0.2, -0.15) is 18.4 Å². The number of halogens is 4. The average Bonchev–Trinajstić information content (AvgIpc) is 2.87. The summed E-state index contributed by atoms with van der Waals surface area (Å²) in [7, 11) is 0. The third-order valence-electron chi connectivity index (χ3n) is 5.46. The number of pyridine rings is 1. The fourth-order valence-corrected chi connectivity index (χ4v) is 4.70. The van der Waals surface area contributed by atoms with Crippen molar-refractivity contribution in [1.82, 2.24) is 4.98 Å². The van der Waals surface area contributed by atoms with Crippen LogP contribution in [0, 0.1) is 18.3 Å². The first-order valence-electron chi connectivity index (χ1n) is 11.0. The summed E-state index contributed by atoms with van der Waals surface area (Å²) in [6, 6.07) is 23.4. The van der Waals surface area contributed by atoms with Crippen molar-refractivity contribution in [2.24, 2.45) is 0 Å². The summed E-state index contributed by atoms with van der Waals surface area (Å²) in [5, 5.41) is 13.0. The number of nitrogens with zero attached hydrogens (tertiary/aromatic N) is 2. The molecule has 4 nitrogen and oxygen atoms in total. The number of aromatic nitrogens is 1. The molecule has 0 aliphatic heterocycles. The maximum Gasteiger partial charge on any atom is 0.418 e. The maximum absolute atomic E-state index is 13.3. The van der Waals surface area contributed by atoms with E-state index in [0.29, 0.717) is 21.8 Å². The van der Waals surface area contributed by atoms with Crippen LogP contribution in [0.5, 0.6) is 0 Å². The summed E-state index contributed by atoms with van der Waals surface area (Å²) in [4.78, 5) is 17.3. The van der Waals surface area contributed by atoms with Crippen molar-refractivity contribution >= 4 is 35.0 Å². The summed E-state index contributed by atoms with van der Waals surface area (Å²) in [5.74, 6) is -0.917. The minimum absolute atomic E-state index is 0.220. The molecule has 0 radical (unpaired) electrons. The zero-order chi connectivity index (χ0) is 26.6. The topological polar surface area (TPSA) is 65.8 Å². The lowest BCUT2D eigenvalue weighted by Gasteiger charge is -2.15. The number of hydrogen-bond donors (Lipinski definition) is 1. The van der Waals surface area contributed by atoms with Crippen LogP contribution in [0.4, 0.5) is 18.9 Å². The molecule has 1 N–H and O–H groups in total. The molecule has 9 heteroatoms. The van der Waals surface area contributed by atoms with E-state index in [1.165, 1.54) is 18.2 Å². The molecule has 0 fully saturated rings. The molecule has 186 valence electrons. The number of nitriles is 1. The van der Waals surface area contributed by atoms with Gasteiger partial charge in [-0.3, -0.25) is 4.79 Å². The standard InChI is InChI=1S/C28H19ClF3N3OS/c1-17-10-12-18(13-11-17)25-14-20(19-6-2-4-8-23(19)29)21(15-33)27(35-25)37-16-26(36)34-24-9-5-3-7-22(24)28(30,31)32/h2-14H,16H2,1H3,(H,34,36). The molecule has 1 heterocycles. The molecule has 0 saturated carbocycles. The summed E-state index contributed by atoms with van der Waals surface area (Å²) < 4.78 is 39.9. The van der Waals surface area contributed by atoms with Crippen LogP contribution in [-0.2, 0) is 11.0 Å². The van der Waals surface area contributed by atoms with Crippen molar-refractivity contribution in [3.05, 3.63) is 101 Å². The predicted molar refractivity (Wildman–Crippen MR) is 140 cm³/mol. The first kappa shape index (κ1) is 26.3. The van der Waals surface area contributed by atoms with E-state index in [9.17, 15) is 23.2 Å². The normalized spacial score (nSPS) is 11.1. The Kier molecular flexibility index (Phi) is 7.86. The number of carbonyl (C=O) groups excluding carboxylic acids is 1. The Balaban J connectivity index is 1.70. The molecule has 0 spiro atoms. The van der Waals surface area contributed by atoms with Crippen molar-refractivity contribution in [3.63, 3.8) is 0 Å². The fraction of sp³-hybridized carbons (Fsp3) is 0.107. The molecule has 4 rings (SSSR count). The summed E-state index contributed by atoms with van der Waals surface area (Å²) in [6.45, 7) is 1.96. The number of amides is 1. The smallest absolute Gasteiger partial charge is 0.325 e. The molecule has 3 aromatic carbocycles. The molecule has 0 bridgehead atoms. The molecule has 0 unspecified atom stereocenters. The first-order chi connectivity index (χ1) is 17.7. The van der Waals surface area contributed by atoms with E-state index in [2.05, 4.69) is 16.4 Å². The SMILES string of the molecule is Cc1ccc(-c2cc(-c3ccccc3Cl)c(C#N)c(SCC(=O)Nc3ccccc3C(F)(F)F)n2)cc1.